The predicted molar refractivity (Wildman–Crippen MR) is 71.5 cm³/mol. The number of aliphatic carboxylic acids is 1. The second-order valence-corrected chi connectivity index (χ2v) is 6.19. The number of rotatable bonds is 7. The molecule has 0 aliphatic rings. The summed E-state index contributed by atoms with van der Waals surface area (Å²) < 4.78 is 12.8. The molecule has 0 heterocycles. The Hall–Kier alpha value is -0.680. The Balaban J connectivity index is 2.25. The Kier molecular flexibility index (Phi) is 6.44. The van der Waals surface area contributed by atoms with Crippen molar-refractivity contribution in [3.8, 4) is 0 Å². The molecule has 3 nitrogen and oxygen atoms in total. The molecule has 17 heavy (non-hydrogen) atoms. The maximum absolute atomic E-state index is 11.8. The van der Waals surface area contributed by atoms with Gasteiger partial charge in [-0.15, -0.1) is 0 Å². The number of unbranched alkanes of at least 4 members (excludes halogenated alkanes) is 2. The van der Waals surface area contributed by atoms with E-state index in [9.17, 15) is 9.00 Å². The molecule has 0 saturated carbocycles. The molecule has 0 aliphatic carbocycles. The fourth-order valence-electron chi connectivity index (χ4n) is 1.39. The van der Waals surface area contributed by atoms with E-state index in [1.807, 2.05) is 24.3 Å². The second kappa shape index (κ2) is 7.61. The van der Waals surface area contributed by atoms with Crippen LogP contribution in [0.3, 0.4) is 0 Å². The van der Waals surface area contributed by atoms with Gasteiger partial charge in [-0.3, -0.25) is 9.00 Å². The van der Waals surface area contributed by atoms with Crippen molar-refractivity contribution in [2.24, 2.45) is 0 Å². The molecule has 1 aromatic carbocycles. The van der Waals surface area contributed by atoms with E-state index < -0.39 is 16.8 Å². The van der Waals surface area contributed by atoms with Gasteiger partial charge in [-0.2, -0.15) is 0 Å². The normalized spacial score (nSPS) is 12.3. The summed E-state index contributed by atoms with van der Waals surface area (Å²) in [6.45, 7) is 0. The van der Waals surface area contributed by atoms with Gasteiger partial charge in [0.15, 0.2) is 0 Å². The molecule has 0 saturated heterocycles. The molecule has 0 aromatic heterocycles. The van der Waals surface area contributed by atoms with Crippen molar-refractivity contribution in [1.82, 2.24) is 0 Å². The smallest absolute Gasteiger partial charge is 0.303 e. The molecule has 0 radical (unpaired) electrons. The van der Waals surface area contributed by atoms with Crippen LogP contribution in [0.5, 0.6) is 0 Å². The highest BCUT2D eigenvalue weighted by molar-refractivity contribution is 9.10. The lowest BCUT2D eigenvalue weighted by molar-refractivity contribution is -0.137. The van der Waals surface area contributed by atoms with E-state index in [2.05, 4.69) is 15.9 Å². The first kappa shape index (κ1) is 14.4. The minimum absolute atomic E-state index is 0.199. The van der Waals surface area contributed by atoms with Crippen LogP contribution >= 0.6 is 15.9 Å². The average Bonchev–Trinajstić information content (AvgIpc) is 2.29. The van der Waals surface area contributed by atoms with Crippen molar-refractivity contribution < 1.29 is 14.1 Å². The van der Waals surface area contributed by atoms with E-state index in [0.29, 0.717) is 12.2 Å². The highest BCUT2D eigenvalue weighted by atomic mass is 79.9. The highest BCUT2D eigenvalue weighted by Gasteiger charge is 2.03. The number of carboxylic acid groups (broad SMARTS) is 1. The first-order valence-corrected chi connectivity index (χ1v) is 7.56. The number of carboxylic acids is 1. The average molecular weight is 319 g/mol. The predicted octanol–water partition coefficient (Wildman–Crippen LogP) is 3.20. The van der Waals surface area contributed by atoms with Crippen molar-refractivity contribution in [3.05, 3.63) is 28.7 Å². The van der Waals surface area contributed by atoms with Crippen LogP contribution in [0, 0.1) is 0 Å². The summed E-state index contributed by atoms with van der Waals surface area (Å²) in [5, 5.41) is 8.46. The van der Waals surface area contributed by atoms with Gasteiger partial charge < -0.3 is 5.11 Å². The molecule has 1 unspecified atom stereocenters. The molecular formula is C12H15BrO3S. The molecule has 94 valence electrons. The van der Waals surface area contributed by atoms with Gasteiger partial charge in [0.25, 0.3) is 0 Å². The molecule has 0 bridgehead atoms. The summed E-state index contributed by atoms with van der Waals surface area (Å²) in [5.41, 5.74) is 0. The van der Waals surface area contributed by atoms with Crippen molar-refractivity contribution >= 4 is 32.7 Å². The van der Waals surface area contributed by atoms with Crippen LogP contribution in [0.25, 0.3) is 0 Å². The first-order valence-electron chi connectivity index (χ1n) is 5.45. The lowest BCUT2D eigenvalue weighted by Crippen LogP contribution is -1.99. The van der Waals surface area contributed by atoms with E-state index in [4.69, 9.17) is 5.11 Å². The summed E-state index contributed by atoms with van der Waals surface area (Å²) >= 11 is 3.33. The van der Waals surface area contributed by atoms with Crippen LogP contribution in [0.1, 0.15) is 25.7 Å². The van der Waals surface area contributed by atoms with Crippen LogP contribution < -0.4 is 0 Å². The lowest BCUT2D eigenvalue weighted by atomic mass is 10.2. The third kappa shape index (κ3) is 5.98. The Morgan fingerprint density at radius 3 is 2.41 bits per heavy atom. The third-order valence-electron chi connectivity index (χ3n) is 2.30. The van der Waals surface area contributed by atoms with Gasteiger partial charge in [-0.05, 0) is 37.1 Å². The Bertz CT molecular complexity index is 389. The zero-order valence-electron chi connectivity index (χ0n) is 9.39. The minimum Gasteiger partial charge on any atom is -0.481 e. The summed E-state index contributed by atoms with van der Waals surface area (Å²) in [6, 6.07) is 7.43. The monoisotopic (exact) mass is 318 g/mol. The largest absolute Gasteiger partial charge is 0.481 e. The first-order chi connectivity index (χ1) is 8.09. The molecule has 0 spiro atoms. The van der Waals surface area contributed by atoms with Gasteiger partial charge >= 0.3 is 5.97 Å². The molecule has 1 atom stereocenters. The molecular weight excluding hydrogens is 304 g/mol. The van der Waals surface area contributed by atoms with E-state index in [0.717, 1.165) is 22.2 Å². The Morgan fingerprint density at radius 1 is 1.18 bits per heavy atom. The number of benzene rings is 1. The van der Waals surface area contributed by atoms with E-state index in [1.54, 1.807) is 0 Å². The summed E-state index contributed by atoms with van der Waals surface area (Å²) in [5.74, 6) is -0.166. The molecule has 1 N–H and O–H groups in total. The number of halogens is 1. The molecule has 1 aromatic rings. The fraction of sp³-hybridized carbons (Fsp3) is 0.417. The lowest BCUT2D eigenvalue weighted by Gasteiger charge is -2.02. The highest BCUT2D eigenvalue weighted by Crippen LogP contribution is 2.14. The number of carbonyl (C=O) groups is 1. The summed E-state index contributed by atoms with van der Waals surface area (Å²) in [6.07, 6.45) is 2.47. The van der Waals surface area contributed by atoms with Crippen LogP contribution in [-0.4, -0.2) is 21.0 Å². The van der Waals surface area contributed by atoms with Crippen molar-refractivity contribution in [1.29, 1.82) is 0 Å². The standard InChI is InChI=1S/C12H15BrO3S/c13-10-5-7-11(8-6-10)17(16)9-3-1-2-4-12(14)15/h5-8H,1-4,9H2,(H,14,15). The molecule has 0 aliphatic heterocycles. The molecule has 5 heteroatoms. The number of hydrogen-bond acceptors (Lipinski definition) is 2. The van der Waals surface area contributed by atoms with Crippen molar-refractivity contribution in [3.63, 3.8) is 0 Å². The molecule has 0 fully saturated rings. The van der Waals surface area contributed by atoms with E-state index in [1.165, 1.54) is 0 Å². The maximum atomic E-state index is 11.8. The number of hydrogen-bond donors (Lipinski definition) is 1. The summed E-state index contributed by atoms with van der Waals surface area (Å²) in [7, 11) is -0.974. The molecule has 0 amide bonds. The van der Waals surface area contributed by atoms with E-state index >= 15 is 0 Å². The van der Waals surface area contributed by atoms with Crippen LogP contribution in [0.2, 0.25) is 0 Å². The van der Waals surface area contributed by atoms with Crippen molar-refractivity contribution in [2.75, 3.05) is 5.75 Å². The van der Waals surface area contributed by atoms with Gasteiger partial charge in [-0.1, -0.05) is 22.4 Å². The van der Waals surface area contributed by atoms with Gasteiger partial charge in [0.2, 0.25) is 0 Å². The fourth-order valence-corrected chi connectivity index (χ4v) is 2.80. The minimum atomic E-state index is -0.974. The third-order valence-corrected chi connectivity index (χ3v) is 4.28. The van der Waals surface area contributed by atoms with Gasteiger partial charge in [0, 0.05) is 21.5 Å². The van der Waals surface area contributed by atoms with Gasteiger partial charge in [0.1, 0.15) is 0 Å². The summed E-state index contributed by atoms with van der Waals surface area (Å²) in [4.78, 5) is 11.1. The maximum Gasteiger partial charge on any atom is 0.303 e. The van der Waals surface area contributed by atoms with Crippen molar-refractivity contribution in [2.45, 2.75) is 30.6 Å². The Morgan fingerprint density at radius 2 is 1.82 bits per heavy atom. The van der Waals surface area contributed by atoms with Crippen LogP contribution in [0.4, 0.5) is 0 Å². The second-order valence-electron chi connectivity index (χ2n) is 3.71. The molecule has 1 rings (SSSR count). The van der Waals surface area contributed by atoms with E-state index in [-0.39, 0.29) is 6.42 Å². The zero-order valence-corrected chi connectivity index (χ0v) is 11.8. The zero-order chi connectivity index (χ0) is 12.7. The Labute approximate surface area is 112 Å². The van der Waals surface area contributed by atoms with Crippen LogP contribution in [-0.2, 0) is 15.6 Å². The van der Waals surface area contributed by atoms with Gasteiger partial charge in [0.05, 0.1) is 10.8 Å². The van der Waals surface area contributed by atoms with Crippen LogP contribution in [0.15, 0.2) is 33.6 Å². The topological polar surface area (TPSA) is 54.4 Å². The quantitative estimate of drug-likeness (QED) is 0.785. The SMILES string of the molecule is O=C(O)CCCCCS(=O)c1ccc(Br)cc1. The van der Waals surface area contributed by atoms with Gasteiger partial charge in [-0.25, -0.2) is 0 Å².